The van der Waals surface area contributed by atoms with E-state index >= 15 is 0 Å². The molecule has 0 radical (unpaired) electrons. The van der Waals surface area contributed by atoms with Crippen LogP contribution in [0.4, 0.5) is 4.79 Å². The van der Waals surface area contributed by atoms with Crippen LogP contribution >= 0.6 is 0 Å². The maximum atomic E-state index is 13.1. The number of likely N-dealkylation sites (N-methyl/N-ethyl adjacent to an activating group) is 1. The van der Waals surface area contributed by atoms with E-state index in [-0.39, 0.29) is 29.9 Å². The third-order valence-electron chi connectivity index (χ3n) is 7.49. The minimum absolute atomic E-state index is 0.206. The second-order valence-electron chi connectivity index (χ2n) is 9.85. The van der Waals surface area contributed by atoms with E-state index in [0.29, 0.717) is 19.4 Å². The summed E-state index contributed by atoms with van der Waals surface area (Å²) in [5.41, 5.74) is 1.76. The van der Waals surface area contributed by atoms with Crippen molar-refractivity contribution in [3.05, 3.63) is 35.4 Å². The number of nitrogens with one attached hydrogen (secondary N) is 1. The zero-order valence-electron chi connectivity index (χ0n) is 18.9. The molecule has 1 aliphatic carbocycles. The maximum absolute atomic E-state index is 13.1. The van der Waals surface area contributed by atoms with Crippen molar-refractivity contribution in [3.63, 3.8) is 0 Å². The van der Waals surface area contributed by atoms with Gasteiger partial charge < -0.3 is 10.2 Å². The van der Waals surface area contributed by atoms with Crippen molar-refractivity contribution in [2.75, 3.05) is 26.7 Å². The summed E-state index contributed by atoms with van der Waals surface area (Å²) in [4.78, 5) is 43.6. The van der Waals surface area contributed by atoms with Gasteiger partial charge in [-0.15, -0.1) is 0 Å². The Morgan fingerprint density at radius 1 is 1.10 bits per heavy atom. The number of urea groups is 1. The number of rotatable bonds is 5. The lowest BCUT2D eigenvalue weighted by Crippen LogP contribution is -2.54. The standard InChI is InChI=1S/C24H34N4O3/c1-23(2,27-14-11-18-9-5-6-10-19(18)15-27)17-25-20(29)16-28-21(30)24(26(3)22(28)31)12-7-4-8-13-24/h5-6,9-10H,4,7-8,11-17H2,1-3H3,(H,25,29). The number of imide groups is 1. The molecule has 4 rings (SSSR count). The summed E-state index contributed by atoms with van der Waals surface area (Å²) in [6.07, 6.45) is 5.35. The predicted octanol–water partition coefficient (Wildman–Crippen LogP) is 2.54. The first kappa shape index (κ1) is 21.8. The van der Waals surface area contributed by atoms with E-state index in [4.69, 9.17) is 0 Å². The van der Waals surface area contributed by atoms with Gasteiger partial charge in [0, 0.05) is 32.2 Å². The van der Waals surface area contributed by atoms with E-state index in [1.807, 2.05) is 0 Å². The number of carbonyl (C=O) groups is 3. The first-order valence-electron chi connectivity index (χ1n) is 11.4. The Bertz CT molecular complexity index is 875. The lowest BCUT2D eigenvalue weighted by atomic mass is 9.81. The van der Waals surface area contributed by atoms with E-state index in [1.165, 1.54) is 11.1 Å². The molecule has 7 nitrogen and oxygen atoms in total. The van der Waals surface area contributed by atoms with Crippen LogP contribution in [0.2, 0.25) is 0 Å². The molecule has 1 aromatic rings. The van der Waals surface area contributed by atoms with Crippen LogP contribution in [-0.2, 0) is 22.6 Å². The topological polar surface area (TPSA) is 73.0 Å². The quantitative estimate of drug-likeness (QED) is 0.735. The van der Waals surface area contributed by atoms with Gasteiger partial charge >= 0.3 is 6.03 Å². The zero-order valence-corrected chi connectivity index (χ0v) is 18.9. The molecule has 1 saturated heterocycles. The SMILES string of the molecule is CN1C(=O)N(CC(=O)NCC(C)(C)N2CCc3ccccc3C2)C(=O)C12CCCCC2. The van der Waals surface area contributed by atoms with Crippen LogP contribution in [0, 0.1) is 0 Å². The number of carbonyl (C=O) groups excluding carboxylic acids is 3. The van der Waals surface area contributed by atoms with Crippen LogP contribution in [0.25, 0.3) is 0 Å². The van der Waals surface area contributed by atoms with Gasteiger partial charge in [-0.1, -0.05) is 43.5 Å². The van der Waals surface area contributed by atoms with Gasteiger partial charge in [-0.05, 0) is 44.2 Å². The van der Waals surface area contributed by atoms with E-state index in [1.54, 1.807) is 11.9 Å². The summed E-state index contributed by atoms with van der Waals surface area (Å²) < 4.78 is 0. The number of benzene rings is 1. The molecule has 2 aliphatic heterocycles. The van der Waals surface area contributed by atoms with Crippen LogP contribution < -0.4 is 5.32 Å². The molecule has 0 unspecified atom stereocenters. The van der Waals surface area contributed by atoms with E-state index in [2.05, 4.69) is 48.3 Å². The summed E-state index contributed by atoms with van der Waals surface area (Å²) in [5, 5.41) is 2.97. The minimum atomic E-state index is -0.740. The number of amides is 4. The van der Waals surface area contributed by atoms with Crippen molar-refractivity contribution in [2.24, 2.45) is 0 Å². The number of nitrogens with zero attached hydrogens (tertiary/aromatic N) is 3. The molecular weight excluding hydrogens is 392 g/mol. The Hall–Kier alpha value is -2.41. The molecule has 3 aliphatic rings. The van der Waals surface area contributed by atoms with Gasteiger partial charge in [-0.3, -0.25) is 19.4 Å². The first-order chi connectivity index (χ1) is 14.7. The van der Waals surface area contributed by atoms with Crippen molar-refractivity contribution in [2.45, 2.75) is 70.0 Å². The van der Waals surface area contributed by atoms with Gasteiger partial charge in [0.2, 0.25) is 5.91 Å². The second kappa shape index (κ2) is 8.26. The molecule has 1 spiro atoms. The average Bonchev–Trinajstić information content (AvgIpc) is 2.94. The minimum Gasteiger partial charge on any atom is -0.353 e. The van der Waals surface area contributed by atoms with E-state index in [0.717, 1.165) is 43.7 Å². The molecule has 2 fully saturated rings. The molecule has 1 saturated carbocycles. The van der Waals surface area contributed by atoms with E-state index in [9.17, 15) is 14.4 Å². The average molecular weight is 427 g/mol. The number of fused-ring (bicyclic) bond motifs is 1. The van der Waals surface area contributed by atoms with Gasteiger partial charge in [-0.2, -0.15) is 0 Å². The van der Waals surface area contributed by atoms with Gasteiger partial charge in [0.1, 0.15) is 12.1 Å². The van der Waals surface area contributed by atoms with Gasteiger partial charge in [0.05, 0.1) is 0 Å². The lowest BCUT2D eigenvalue weighted by Gasteiger charge is -2.41. The molecule has 1 N–H and O–H groups in total. The van der Waals surface area contributed by atoms with Crippen LogP contribution in [0.3, 0.4) is 0 Å². The largest absolute Gasteiger partial charge is 0.353 e. The summed E-state index contributed by atoms with van der Waals surface area (Å²) >= 11 is 0. The zero-order chi connectivity index (χ0) is 22.2. The van der Waals surface area contributed by atoms with E-state index < -0.39 is 5.54 Å². The molecule has 0 aromatic heterocycles. The number of hydrogen-bond acceptors (Lipinski definition) is 4. The van der Waals surface area contributed by atoms with Crippen LogP contribution in [0.5, 0.6) is 0 Å². The fraction of sp³-hybridized carbons (Fsp3) is 0.625. The summed E-state index contributed by atoms with van der Waals surface area (Å²) in [6.45, 7) is 6.30. The highest BCUT2D eigenvalue weighted by Crippen LogP contribution is 2.39. The monoisotopic (exact) mass is 426 g/mol. The summed E-state index contributed by atoms with van der Waals surface area (Å²) in [6, 6.07) is 8.14. The third-order valence-corrected chi connectivity index (χ3v) is 7.49. The predicted molar refractivity (Wildman–Crippen MR) is 118 cm³/mol. The normalized spacial score (nSPS) is 21.5. The number of hydrogen-bond donors (Lipinski definition) is 1. The fourth-order valence-corrected chi connectivity index (χ4v) is 5.31. The Morgan fingerprint density at radius 3 is 2.48 bits per heavy atom. The van der Waals surface area contributed by atoms with Crippen LogP contribution in [-0.4, -0.2) is 70.3 Å². The summed E-state index contributed by atoms with van der Waals surface area (Å²) in [7, 11) is 1.70. The first-order valence-corrected chi connectivity index (χ1v) is 11.4. The molecule has 168 valence electrons. The molecule has 0 atom stereocenters. The lowest BCUT2D eigenvalue weighted by molar-refractivity contribution is -0.137. The van der Waals surface area contributed by atoms with Crippen molar-refractivity contribution in [3.8, 4) is 0 Å². The molecule has 4 amide bonds. The Labute approximate surface area is 184 Å². The smallest absolute Gasteiger partial charge is 0.327 e. The molecular formula is C24H34N4O3. The molecule has 1 aromatic carbocycles. The molecule has 7 heteroatoms. The van der Waals surface area contributed by atoms with Crippen molar-refractivity contribution < 1.29 is 14.4 Å². The van der Waals surface area contributed by atoms with Gasteiger partial charge in [-0.25, -0.2) is 4.79 Å². The van der Waals surface area contributed by atoms with Crippen molar-refractivity contribution in [1.29, 1.82) is 0 Å². The Balaban J connectivity index is 1.35. The Kier molecular flexibility index (Phi) is 5.81. The molecule has 31 heavy (non-hydrogen) atoms. The maximum Gasteiger partial charge on any atom is 0.327 e. The van der Waals surface area contributed by atoms with Crippen molar-refractivity contribution >= 4 is 17.8 Å². The van der Waals surface area contributed by atoms with Gasteiger partial charge in [0.15, 0.2) is 0 Å². The molecule has 2 heterocycles. The van der Waals surface area contributed by atoms with Gasteiger partial charge in [0.25, 0.3) is 5.91 Å². The highest BCUT2D eigenvalue weighted by Gasteiger charge is 2.55. The van der Waals surface area contributed by atoms with Crippen molar-refractivity contribution in [1.82, 2.24) is 20.0 Å². The highest BCUT2D eigenvalue weighted by molar-refractivity contribution is 6.08. The second-order valence-corrected chi connectivity index (χ2v) is 9.85. The van der Waals surface area contributed by atoms with Crippen LogP contribution in [0.1, 0.15) is 57.1 Å². The third kappa shape index (κ3) is 3.95. The molecule has 0 bridgehead atoms. The van der Waals surface area contributed by atoms with Crippen LogP contribution in [0.15, 0.2) is 24.3 Å². The Morgan fingerprint density at radius 2 is 1.77 bits per heavy atom. The fourth-order valence-electron chi connectivity index (χ4n) is 5.31. The highest BCUT2D eigenvalue weighted by atomic mass is 16.2. The summed E-state index contributed by atoms with van der Waals surface area (Å²) in [5.74, 6) is -0.491.